The van der Waals surface area contributed by atoms with Crippen LogP contribution in [-0.4, -0.2) is 23.7 Å². The van der Waals surface area contributed by atoms with Gasteiger partial charge in [0.25, 0.3) is 0 Å². The number of amides is 2. The summed E-state index contributed by atoms with van der Waals surface area (Å²) in [5, 5.41) is 14.9. The highest BCUT2D eigenvalue weighted by atomic mass is 35.5. The normalized spacial score (nSPS) is 13.3. The van der Waals surface area contributed by atoms with E-state index in [0.29, 0.717) is 24.4 Å². The molecule has 21 heavy (non-hydrogen) atoms. The van der Waals surface area contributed by atoms with Gasteiger partial charge in [-0.25, -0.2) is 4.79 Å². The quantitative estimate of drug-likeness (QED) is 0.676. The second kappa shape index (κ2) is 8.52. The highest BCUT2D eigenvalue weighted by molar-refractivity contribution is 6.31. The minimum absolute atomic E-state index is 0.198. The van der Waals surface area contributed by atoms with Crippen molar-refractivity contribution < 1.29 is 14.7 Å². The third-order valence-corrected chi connectivity index (χ3v) is 3.58. The summed E-state index contributed by atoms with van der Waals surface area (Å²) in [6.07, 6.45) is 1.16. The first-order chi connectivity index (χ1) is 9.91. The Balaban J connectivity index is 2.31. The summed E-state index contributed by atoms with van der Waals surface area (Å²) < 4.78 is 0. The summed E-state index contributed by atoms with van der Waals surface area (Å²) in [6, 6.07) is 6.86. The topological polar surface area (TPSA) is 78.4 Å². The SMILES string of the molecule is CC(CCCNC(=O)NC(C)c1ccccc1Cl)C(=O)O. The molecule has 1 rings (SSSR count). The standard InChI is InChI=1S/C15H21ClN2O3/c1-10(14(19)20)6-5-9-17-15(21)18-11(2)12-7-3-4-8-13(12)16/h3-4,7-8,10-11H,5-6,9H2,1-2H3,(H,19,20)(H2,17,18,21). The molecule has 0 radical (unpaired) electrons. The van der Waals surface area contributed by atoms with Crippen LogP contribution < -0.4 is 10.6 Å². The fourth-order valence-corrected chi connectivity index (χ4v) is 2.18. The lowest BCUT2D eigenvalue weighted by atomic mass is 10.1. The molecule has 0 saturated carbocycles. The predicted octanol–water partition coefficient (Wildman–Crippen LogP) is 3.20. The van der Waals surface area contributed by atoms with E-state index in [1.54, 1.807) is 13.0 Å². The summed E-state index contributed by atoms with van der Waals surface area (Å²) in [5.74, 6) is -1.20. The van der Waals surface area contributed by atoms with Crippen LogP contribution in [0.5, 0.6) is 0 Å². The molecule has 0 aliphatic heterocycles. The van der Waals surface area contributed by atoms with Gasteiger partial charge in [0.1, 0.15) is 0 Å². The zero-order valence-electron chi connectivity index (χ0n) is 12.2. The number of hydrogen-bond donors (Lipinski definition) is 3. The van der Waals surface area contributed by atoms with E-state index in [2.05, 4.69) is 10.6 Å². The van der Waals surface area contributed by atoms with Gasteiger partial charge >= 0.3 is 12.0 Å². The summed E-state index contributed by atoms with van der Waals surface area (Å²) in [4.78, 5) is 22.4. The van der Waals surface area contributed by atoms with Crippen molar-refractivity contribution in [3.63, 3.8) is 0 Å². The fraction of sp³-hybridized carbons (Fsp3) is 0.467. The van der Waals surface area contributed by atoms with Crippen LogP contribution in [0.2, 0.25) is 5.02 Å². The van der Waals surface area contributed by atoms with Crippen LogP contribution in [0, 0.1) is 5.92 Å². The first-order valence-electron chi connectivity index (χ1n) is 6.93. The van der Waals surface area contributed by atoms with Gasteiger partial charge in [0, 0.05) is 11.6 Å². The summed E-state index contributed by atoms with van der Waals surface area (Å²) >= 11 is 6.07. The number of hydrogen-bond acceptors (Lipinski definition) is 2. The molecule has 0 aliphatic carbocycles. The number of aliphatic carboxylic acids is 1. The Labute approximate surface area is 129 Å². The zero-order valence-corrected chi connectivity index (χ0v) is 13.0. The molecular formula is C15H21ClN2O3. The maximum Gasteiger partial charge on any atom is 0.315 e. The minimum atomic E-state index is -0.813. The number of urea groups is 1. The monoisotopic (exact) mass is 312 g/mol. The van der Waals surface area contributed by atoms with Crippen molar-refractivity contribution in [1.82, 2.24) is 10.6 Å². The molecule has 5 nitrogen and oxygen atoms in total. The highest BCUT2D eigenvalue weighted by Crippen LogP contribution is 2.21. The van der Waals surface area contributed by atoms with E-state index >= 15 is 0 Å². The van der Waals surface area contributed by atoms with Gasteiger partial charge in [-0.15, -0.1) is 0 Å². The number of carbonyl (C=O) groups excluding carboxylic acids is 1. The Hall–Kier alpha value is -1.75. The second-order valence-corrected chi connectivity index (χ2v) is 5.43. The van der Waals surface area contributed by atoms with Crippen LogP contribution in [0.25, 0.3) is 0 Å². The first kappa shape index (κ1) is 17.3. The predicted molar refractivity (Wildman–Crippen MR) is 82.4 cm³/mol. The fourth-order valence-electron chi connectivity index (χ4n) is 1.89. The minimum Gasteiger partial charge on any atom is -0.481 e. The van der Waals surface area contributed by atoms with Crippen molar-refractivity contribution in [2.45, 2.75) is 32.7 Å². The number of rotatable bonds is 7. The van der Waals surface area contributed by atoms with Crippen LogP contribution in [0.3, 0.4) is 0 Å². The van der Waals surface area contributed by atoms with Crippen LogP contribution in [0.15, 0.2) is 24.3 Å². The third-order valence-electron chi connectivity index (χ3n) is 3.24. The average molecular weight is 313 g/mol. The van der Waals surface area contributed by atoms with E-state index in [1.807, 2.05) is 25.1 Å². The molecule has 0 saturated heterocycles. The summed E-state index contributed by atoms with van der Waals surface area (Å²) in [6.45, 7) is 3.95. The molecule has 0 aliphatic rings. The number of carboxylic acid groups (broad SMARTS) is 1. The van der Waals surface area contributed by atoms with E-state index in [4.69, 9.17) is 16.7 Å². The van der Waals surface area contributed by atoms with Crippen molar-refractivity contribution in [2.75, 3.05) is 6.54 Å². The Morgan fingerprint density at radius 1 is 1.29 bits per heavy atom. The lowest BCUT2D eigenvalue weighted by molar-refractivity contribution is -0.141. The van der Waals surface area contributed by atoms with E-state index in [-0.39, 0.29) is 12.1 Å². The van der Waals surface area contributed by atoms with E-state index in [1.165, 1.54) is 0 Å². The van der Waals surface area contributed by atoms with E-state index in [0.717, 1.165) is 5.56 Å². The van der Waals surface area contributed by atoms with Gasteiger partial charge in [-0.3, -0.25) is 4.79 Å². The lowest BCUT2D eigenvalue weighted by Crippen LogP contribution is -2.37. The molecule has 3 N–H and O–H groups in total. The largest absolute Gasteiger partial charge is 0.481 e. The molecule has 0 spiro atoms. The molecule has 2 atom stereocenters. The van der Waals surface area contributed by atoms with E-state index in [9.17, 15) is 9.59 Å². The molecule has 1 aromatic carbocycles. The molecule has 0 aromatic heterocycles. The van der Waals surface area contributed by atoms with Gasteiger partial charge < -0.3 is 15.7 Å². The maximum atomic E-state index is 11.7. The van der Waals surface area contributed by atoms with Crippen LogP contribution in [-0.2, 0) is 4.79 Å². The third kappa shape index (κ3) is 6.04. The van der Waals surface area contributed by atoms with Crippen molar-refractivity contribution in [2.24, 2.45) is 5.92 Å². The summed E-state index contributed by atoms with van der Waals surface area (Å²) in [7, 11) is 0. The van der Waals surface area contributed by atoms with Gasteiger partial charge in [0.15, 0.2) is 0 Å². The van der Waals surface area contributed by atoms with Crippen molar-refractivity contribution in [3.8, 4) is 0 Å². The number of halogens is 1. The molecule has 0 heterocycles. The van der Waals surface area contributed by atoms with Crippen LogP contribution in [0.1, 0.15) is 38.3 Å². The van der Waals surface area contributed by atoms with Crippen LogP contribution in [0.4, 0.5) is 4.79 Å². The van der Waals surface area contributed by atoms with Crippen molar-refractivity contribution in [3.05, 3.63) is 34.9 Å². The molecule has 0 bridgehead atoms. The Kier molecular flexibility index (Phi) is 7.02. The molecule has 116 valence electrons. The molecule has 1 aromatic rings. The van der Waals surface area contributed by atoms with Crippen molar-refractivity contribution in [1.29, 1.82) is 0 Å². The Morgan fingerprint density at radius 3 is 2.57 bits per heavy atom. The van der Waals surface area contributed by atoms with Gasteiger partial charge in [0.05, 0.1) is 12.0 Å². The number of benzene rings is 1. The molecular weight excluding hydrogens is 292 g/mol. The smallest absolute Gasteiger partial charge is 0.315 e. The van der Waals surface area contributed by atoms with Gasteiger partial charge in [-0.1, -0.05) is 36.7 Å². The molecule has 2 unspecified atom stereocenters. The molecule has 6 heteroatoms. The second-order valence-electron chi connectivity index (χ2n) is 5.02. The Bertz CT molecular complexity index is 494. The first-order valence-corrected chi connectivity index (χ1v) is 7.31. The molecule has 2 amide bonds. The number of nitrogens with one attached hydrogen (secondary N) is 2. The van der Waals surface area contributed by atoms with Gasteiger partial charge in [-0.05, 0) is 31.4 Å². The van der Waals surface area contributed by atoms with Gasteiger partial charge in [0.2, 0.25) is 0 Å². The van der Waals surface area contributed by atoms with Crippen molar-refractivity contribution >= 4 is 23.6 Å². The maximum absolute atomic E-state index is 11.7. The lowest BCUT2D eigenvalue weighted by Gasteiger charge is -2.16. The molecule has 0 fully saturated rings. The van der Waals surface area contributed by atoms with Crippen LogP contribution >= 0.6 is 11.6 Å². The Morgan fingerprint density at radius 2 is 1.95 bits per heavy atom. The average Bonchev–Trinajstić information content (AvgIpc) is 2.43. The highest BCUT2D eigenvalue weighted by Gasteiger charge is 2.13. The number of carboxylic acids is 1. The number of carbonyl (C=O) groups is 2. The van der Waals surface area contributed by atoms with Gasteiger partial charge in [-0.2, -0.15) is 0 Å². The van der Waals surface area contributed by atoms with E-state index < -0.39 is 11.9 Å². The zero-order chi connectivity index (χ0) is 15.8. The summed E-state index contributed by atoms with van der Waals surface area (Å²) in [5.41, 5.74) is 0.855.